The molecule has 0 aliphatic heterocycles. The molecule has 3 nitrogen and oxygen atoms in total. The standard InChI is InChI=1S/C9H11BrClN3/c1-14(4-6-2-3-6)9-7(10)8(11)12-5-13-9/h5-6H,2-4H2,1H3. The average molecular weight is 277 g/mol. The molecule has 14 heavy (non-hydrogen) atoms. The van der Waals surface area contributed by atoms with Crippen LogP contribution in [0.1, 0.15) is 12.8 Å². The summed E-state index contributed by atoms with van der Waals surface area (Å²) in [7, 11) is 2.03. The van der Waals surface area contributed by atoms with Crippen LogP contribution in [-0.2, 0) is 0 Å². The predicted molar refractivity (Wildman–Crippen MR) is 60.7 cm³/mol. The molecule has 1 aromatic heterocycles. The van der Waals surface area contributed by atoms with Crippen LogP contribution < -0.4 is 4.90 Å². The highest BCUT2D eigenvalue weighted by atomic mass is 79.9. The van der Waals surface area contributed by atoms with Gasteiger partial charge in [0, 0.05) is 13.6 Å². The lowest BCUT2D eigenvalue weighted by Crippen LogP contribution is -2.21. The minimum Gasteiger partial charge on any atom is -0.358 e. The fraction of sp³-hybridized carbons (Fsp3) is 0.556. The number of anilines is 1. The first-order valence-electron chi connectivity index (χ1n) is 4.55. The summed E-state index contributed by atoms with van der Waals surface area (Å²) in [6.45, 7) is 1.05. The van der Waals surface area contributed by atoms with E-state index in [9.17, 15) is 0 Å². The molecule has 76 valence electrons. The number of rotatable bonds is 3. The van der Waals surface area contributed by atoms with E-state index in [4.69, 9.17) is 11.6 Å². The number of halogens is 2. The van der Waals surface area contributed by atoms with E-state index in [0.717, 1.165) is 22.8 Å². The van der Waals surface area contributed by atoms with Gasteiger partial charge in [-0.05, 0) is 34.7 Å². The largest absolute Gasteiger partial charge is 0.358 e. The third-order valence-electron chi connectivity index (χ3n) is 2.32. The van der Waals surface area contributed by atoms with Crippen molar-refractivity contribution in [2.45, 2.75) is 12.8 Å². The zero-order valence-corrected chi connectivity index (χ0v) is 10.2. The molecule has 1 aliphatic rings. The normalized spacial score (nSPS) is 15.6. The molecule has 5 heteroatoms. The van der Waals surface area contributed by atoms with Crippen molar-refractivity contribution in [3.8, 4) is 0 Å². The number of hydrogen-bond acceptors (Lipinski definition) is 3. The average Bonchev–Trinajstić information content (AvgIpc) is 2.93. The van der Waals surface area contributed by atoms with E-state index in [1.54, 1.807) is 0 Å². The van der Waals surface area contributed by atoms with Crippen LogP contribution in [0.2, 0.25) is 5.15 Å². The Kier molecular flexibility index (Phi) is 2.93. The van der Waals surface area contributed by atoms with Gasteiger partial charge in [0.2, 0.25) is 0 Å². The van der Waals surface area contributed by atoms with Crippen LogP contribution >= 0.6 is 27.5 Å². The zero-order chi connectivity index (χ0) is 10.1. The Labute approximate surface area is 96.6 Å². The maximum Gasteiger partial charge on any atom is 0.148 e. The van der Waals surface area contributed by atoms with Crippen molar-refractivity contribution in [3.63, 3.8) is 0 Å². The molecular weight excluding hydrogens is 265 g/mol. The highest BCUT2D eigenvalue weighted by Gasteiger charge is 2.24. The second-order valence-corrected chi connectivity index (χ2v) is 4.78. The van der Waals surface area contributed by atoms with Crippen LogP contribution in [0.4, 0.5) is 5.82 Å². The molecule has 1 aliphatic carbocycles. The summed E-state index contributed by atoms with van der Waals surface area (Å²) in [5.41, 5.74) is 0. The molecule has 0 atom stereocenters. The van der Waals surface area contributed by atoms with Gasteiger partial charge in [0.25, 0.3) is 0 Å². The third kappa shape index (κ3) is 2.17. The zero-order valence-electron chi connectivity index (χ0n) is 7.87. The van der Waals surface area contributed by atoms with E-state index in [0.29, 0.717) is 5.15 Å². The third-order valence-corrected chi connectivity index (χ3v) is 3.56. The van der Waals surface area contributed by atoms with Gasteiger partial charge < -0.3 is 4.90 Å². The Morgan fingerprint density at radius 2 is 2.29 bits per heavy atom. The summed E-state index contributed by atoms with van der Waals surface area (Å²) in [5.74, 6) is 1.71. The second-order valence-electron chi connectivity index (χ2n) is 3.63. The number of aromatic nitrogens is 2. The van der Waals surface area contributed by atoms with Crippen LogP contribution in [0.3, 0.4) is 0 Å². The lowest BCUT2D eigenvalue weighted by molar-refractivity contribution is 0.773. The van der Waals surface area contributed by atoms with E-state index >= 15 is 0 Å². The second kappa shape index (κ2) is 4.03. The van der Waals surface area contributed by atoms with Crippen LogP contribution in [0, 0.1) is 5.92 Å². The Morgan fingerprint density at radius 1 is 1.57 bits per heavy atom. The molecule has 1 heterocycles. The Morgan fingerprint density at radius 3 is 2.93 bits per heavy atom. The van der Waals surface area contributed by atoms with Crippen LogP contribution in [0.15, 0.2) is 10.8 Å². The molecule has 0 radical (unpaired) electrons. The maximum atomic E-state index is 5.89. The van der Waals surface area contributed by atoms with Gasteiger partial charge in [-0.2, -0.15) is 0 Å². The number of hydrogen-bond donors (Lipinski definition) is 0. The summed E-state index contributed by atoms with van der Waals surface area (Å²) in [5, 5.41) is 0.470. The molecule has 1 aromatic rings. The lowest BCUT2D eigenvalue weighted by atomic mass is 10.4. The molecule has 0 saturated heterocycles. The van der Waals surface area contributed by atoms with Gasteiger partial charge >= 0.3 is 0 Å². The fourth-order valence-electron chi connectivity index (χ4n) is 1.38. The number of nitrogens with zero attached hydrogens (tertiary/aromatic N) is 3. The van der Waals surface area contributed by atoms with Gasteiger partial charge in [0.05, 0.1) is 4.47 Å². The summed E-state index contributed by atoms with van der Waals surface area (Å²) >= 11 is 9.28. The molecule has 0 aromatic carbocycles. The highest BCUT2D eigenvalue weighted by Crippen LogP contribution is 2.33. The maximum absolute atomic E-state index is 5.89. The van der Waals surface area contributed by atoms with E-state index in [1.807, 2.05) is 7.05 Å². The van der Waals surface area contributed by atoms with Crippen molar-refractivity contribution in [2.24, 2.45) is 5.92 Å². The van der Waals surface area contributed by atoms with Gasteiger partial charge in [-0.3, -0.25) is 0 Å². The van der Waals surface area contributed by atoms with Crippen LogP contribution in [-0.4, -0.2) is 23.6 Å². The van der Waals surface area contributed by atoms with Gasteiger partial charge in [-0.25, -0.2) is 9.97 Å². The quantitative estimate of drug-likeness (QED) is 0.795. The molecule has 0 unspecified atom stereocenters. The minimum atomic E-state index is 0.470. The monoisotopic (exact) mass is 275 g/mol. The molecule has 1 saturated carbocycles. The predicted octanol–water partition coefficient (Wildman–Crippen LogP) is 2.74. The van der Waals surface area contributed by atoms with Gasteiger partial charge in [-0.1, -0.05) is 11.6 Å². The van der Waals surface area contributed by atoms with E-state index < -0.39 is 0 Å². The first kappa shape index (κ1) is 10.2. The molecule has 0 N–H and O–H groups in total. The van der Waals surface area contributed by atoms with Crippen molar-refractivity contribution in [3.05, 3.63) is 16.0 Å². The molecule has 0 amide bonds. The summed E-state index contributed by atoms with van der Waals surface area (Å²) in [4.78, 5) is 10.2. The molecule has 2 rings (SSSR count). The molecule has 0 spiro atoms. The smallest absolute Gasteiger partial charge is 0.148 e. The van der Waals surface area contributed by atoms with E-state index in [1.165, 1.54) is 19.2 Å². The Hall–Kier alpha value is -0.350. The molecule has 1 fully saturated rings. The lowest BCUT2D eigenvalue weighted by Gasteiger charge is -2.18. The minimum absolute atomic E-state index is 0.470. The Balaban J connectivity index is 2.16. The topological polar surface area (TPSA) is 29.0 Å². The highest BCUT2D eigenvalue weighted by molar-refractivity contribution is 9.10. The van der Waals surface area contributed by atoms with Crippen molar-refractivity contribution in [1.29, 1.82) is 0 Å². The molecular formula is C9H11BrClN3. The summed E-state index contributed by atoms with van der Waals surface area (Å²) < 4.78 is 0.782. The summed E-state index contributed by atoms with van der Waals surface area (Å²) in [6.07, 6.45) is 4.16. The van der Waals surface area contributed by atoms with Crippen molar-refractivity contribution in [2.75, 3.05) is 18.5 Å². The van der Waals surface area contributed by atoms with Gasteiger partial charge in [-0.15, -0.1) is 0 Å². The van der Waals surface area contributed by atoms with E-state index in [-0.39, 0.29) is 0 Å². The Bertz CT molecular complexity index is 341. The van der Waals surface area contributed by atoms with Crippen molar-refractivity contribution in [1.82, 2.24) is 9.97 Å². The first-order valence-corrected chi connectivity index (χ1v) is 5.72. The molecule has 0 bridgehead atoms. The van der Waals surface area contributed by atoms with Gasteiger partial charge in [0.1, 0.15) is 17.3 Å². The fourth-order valence-corrected chi connectivity index (χ4v) is 2.02. The van der Waals surface area contributed by atoms with E-state index in [2.05, 4.69) is 30.8 Å². The SMILES string of the molecule is CN(CC1CC1)c1ncnc(Cl)c1Br. The van der Waals surface area contributed by atoms with Gasteiger partial charge in [0.15, 0.2) is 0 Å². The van der Waals surface area contributed by atoms with Crippen LogP contribution in [0.25, 0.3) is 0 Å². The first-order chi connectivity index (χ1) is 6.68. The van der Waals surface area contributed by atoms with Crippen molar-refractivity contribution < 1.29 is 0 Å². The van der Waals surface area contributed by atoms with Crippen LogP contribution in [0.5, 0.6) is 0 Å². The van der Waals surface area contributed by atoms with Crippen molar-refractivity contribution >= 4 is 33.3 Å². The summed E-state index contributed by atoms with van der Waals surface area (Å²) in [6, 6.07) is 0.